The summed E-state index contributed by atoms with van der Waals surface area (Å²) in [6.07, 6.45) is 2.38. The second-order valence-corrected chi connectivity index (χ2v) is 7.26. The highest BCUT2D eigenvalue weighted by Gasteiger charge is 2.31. The number of piperazine rings is 1. The average Bonchev–Trinajstić information content (AvgIpc) is 2.68. The van der Waals surface area contributed by atoms with Crippen molar-refractivity contribution < 1.29 is 9.59 Å². The highest BCUT2D eigenvalue weighted by molar-refractivity contribution is 5.85. The molecule has 5 heteroatoms. The number of hydrogen-bond acceptors (Lipinski definition) is 3. The molecule has 0 aromatic heterocycles. The zero-order chi connectivity index (χ0) is 17.9. The zero-order valence-corrected chi connectivity index (χ0v) is 15.0. The van der Waals surface area contributed by atoms with Gasteiger partial charge in [-0.2, -0.15) is 0 Å². The highest BCUT2D eigenvalue weighted by atomic mass is 16.2. The first-order valence-electron chi connectivity index (χ1n) is 9.46. The number of fused-ring (bicyclic) bond motifs is 1. The minimum absolute atomic E-state index is 0.157. The van der Waals surface area contributed by atoms with E-state index >= 15 is 0 Å². The Morgan fingerprint density at radius 2 is 1.96 bits per heavy atom. The van der Waals surface area contributed by atoms with Crippen molar-refractivity contribution in [1.29, 1.82) is 0 Å². The minimum Gasteiger partial charge on any atom is -0.340 e. The summed E-state index contributed by atoms with van der Waals surface area (Å²) in [6, 6.07) is 14.6. The van der Waals surface area contributed by atoms with Crippen LogP contribution >= 0.6 is 0 Å². The van der Waals surface area contributed by atoms with Crippen molar-refractivity contribution in [3.8, 4) is 0 Å². The Morgan fingerprint density at radius 3 is 2.81 bits per heavy atom. The van der Waals surface area contributed by atoms with Crippen LogP contribution in [0.15, 0.2) is 42.5 Å². The molecule has 136 valence electrons. The lowest BCUT2D eigenvalue weighted by Crippen LogP contribution is -2.57. The molecule has 0 radical (unpaired) electrons. The Balaban J connectivity index is 1.42. The smallest absolute Gasteiger partial charge is 0.236 e. The first-order chi connectivity index (χ1) is 12.7. The van der Waals surface area contributed by atoms with Gasteiger partial charge in [-0.3, -0.25) is 9.59 Å². The highest BCUT2D eigenvalue weighted by Crippen LogP contribution is 2.20. The van der Waals surface area contributed by atoms with Gasteiger partial charge < -0.3 is 15.1 Å². The molecule has 2 heterocycles. The number of amides is 2. The molecule has 2 aromatic carbocycles. The normalized spacial score (nSPS) is 21.2. The third kappa shape index (κ3) is 3.58. The number of nitrogens with one attached hydrogen (secondary N) is 1. The lowest BCUT2D eigenvalue weighted by atomic mass is 10.0. The first-order valence-corrected chi connectivity index (χ1v) is 9.46. The third-order valence-corrected chi connectivity index (χ3v) is 5.49. The van der Waals surface area contributed by atoms with Gasteiger partial charge in [-0.15, -0.1) is 0 Å². The van der Waals surface area contributed by atoms with Crippen molar-refractivity contribution in [3.05, 3.63) is 48.0 Å². The molecule has 0 spiro atoms. The molecule has 2 fully saturated rings. The molecular formula is C21H25N3O2. The summed E-state index contributed by atoms with van der Waals surface area (Å²) >= 11 is 0. The molecule has 5 nitrogen and oxygen atoms in total. The summed E-state index contributed by atoms with van der Waals surface area (Å²) in [5, 5.41) is 5.47. The summed E-state index contributed by atoms with van der Waals surface area (Å²) in [4.78, 5) is 28.9. The van der Waals surface area contributed by atoms with Crippen molar-refractivity contribution in [1.82, 2.24) is 15.1 Å². The Bertz CT molecular complexity index is 820. The van der Waals surface area contributed by atoms with Gasteiger partial charge in [-0.05, 0) is 29.2 Å². The third-order valence-electron chi connectivity index (χ3n) is 5.49. The van der Waals surface area contributed by atoms with Crippen LogP contribution in [-0.4, -0.2) is 60.4 Å². The van der Waals surface area contributed by atoms with Crippen LogP contribution in [0.2, 0.25) is 0 Å². The fourth-order valence-electron chi connectivity index (χ4n) is 4.08. The topological polar surface area (TPSA) is 52.7 Å². The average molecular weight is 351 g/mol. The van der Waals surface area contributed by atoms with E-state index in [1.54, 1.807) is 0 Å². The molecule has 0 bridgehead atoms. The molecule has 26 heavy (non-hydrogen) atoms. The first kappa shape index (κ1) is 17.0. The summed E-state index contributed by atoms with van der Waals surface area (Å²) in [5.74, 6) is 0.317. The molecule has 2 aromatic rings. The van der Waals surface area contributed by atoms with Gasteiger partial charge in [0.1, 0.15) is 0 Å². The van der Waals surface area contributed by atoms with Crippen molar-refractivity contribution in [2.75, 3.05) is 32.7 Å². The molecular weight excluding hydrogens is 326 g/mol. The minimum atomic E-state index is 0.157. The van der Waals surface area contributed by atoms with Crippen LogP contribution in [0.4, 0.5) is 0 Å². The molecule has 2 aliphatic rings. The molecule has 2 amide bonds. The maximum Gasteiger partial charge on any atom is 0.236 e. The van der Waals surface area contributed by atoms with Crippen LogP contribution in [0.3, 0.4) is 0 Å². The summed E-state index contributed by atoms with van der Waals surface area (Å²) in [5.41, 5.74) is 1.05. The maximum absolute atomic E-state index is 12.8. The largest absolute Gasteiger partial charge is 0.340 e. The predicted octanol–water partition coefficient (Wildman–Crippen LogP) is 1.81. The van der Waals surface area contributed by atoms with E-state index in [2.05, 4.69) is 29.6 Å². The lowest BCUT2D eigenvalue weighted by Gasteiger charge is -2.41. The number of nitrogens with zero attached hydrogens (tertiary/aromatic N) is 2. The number of hydrogen-bond donors (Lipinski definition) is 1. The number of benzene rings is 2. The zero-order valence-electron chi connectivity index (χ0n) is 15.0. The molecule has 0 aliphatic carbocycles. The maximum atomic E-state index is 12.8. The van der Waals surface area contributed by atoms with E-state index in [-0.39, 0.29) is 17.9 Å². The van der Waals surface area contributed by atoms with Crippen molar-refractivity contribution >= 4 is 22.6 Å². The number of carbonyl (C=O) groups excluding carboxylic acids is 2. The van der Waals surface area contributed by atoms with E-state index in [4.69, 9.17) is 0 Å². The Morgan fingerprint density at radius 1 is 1.12 bits per heavy atom. The summed E-state index contributed by atoms with van der Waals surface area (Å²) < 4.78 is 0. The van der Waals surface area contributed by atoms with Gasteiger partial charge in [-0.1, -0.05) is 42.5 Å². The van der Waals surface area contributed by atoms with Gasteiger partial charge in [0.25, 0.3) is 0 Å². The molecule has 4 rings (SSSR count). The predicted molar refractivity (Wildman–Crippen MR) is 102 cm³/mol. The molecule has 2 saturated heterocycles. The van der Waals surface area contributed by atoms with Gasteiger partial charge in [0.05, 0.1) is 13.0 Å². The quantitative estimate of drug-likeness (QED) is 0.918. The van der Waals surface area contributed by atoms with Crippen LogP contribution in [0.5, 0.6) is 0 Å². The summed E-state index contributed by atoms with van der Waals surface area (Å²) in [7, 11) is 0. The van der Waals surface area contributed by atoms with Crippen LogP contribution < -0.4 is 5.32 Å². The molecule has 1 atom stereocenters. The van der Waals surface area contributed by atoms with Gasteiger partial charge in [0.2, 0.25) is 11.8 Å². The number of rotatable bonds is 3. The van der Waals surface area contributed by atoms with E-state index in [0.29, 0.717) is 19.5 Å². The lowest BCUT2D eigenvalue weighted by molar-refractivity contribution is -0.140. The monoisotopic (exact) mass is 351 g/mol. The second kappa shape index (κ2) is 7.46. The van der Waals surface area contributed by atoms with E-state index in [9.17, 15) is 9.59 Å². The van der Waals surface area contributed by atoms with Gasteiger partial charge >= 0.3 is 0 Å². The van der Waals surface area contributed by atoms with Crippen molar-refractivity contribution in [3.63, 3.8) is 0 Å². The van der Waals surface area contributed by atoms with Crippen molar-refractivity contribution in [2.24, 2.45) is 0 Å². The second-order valence-electron chi connectivity index (χ2n) is 7.26. The van der Waals surface area contributed by atoms with Crippen LogP contribution in [-0.2, 0) is 16.0 Å². The van der Waals surface area contributed by atoms with Crippen LogP contribution in [0, 0.1) is 0 Å². The summed E-state index contributed by atoms with van der Waals surface area (Å²) in [6.45, 7) is 3.46. The fourth-order valence-corrected chi connectivity index (χ4v) is 4.08. The van der Waals surface area contributed by atoms with Gasteiger partial charge in [0.15, 0.2) is 0 Å². The van der Waals surface area contributed by atoms with Crippen LogP contribution in [0.1, 0.15) is 18.4 Å². The molecule has 1 unspecified atom stereocenters. The fraction of sp³-hybridized carbons (Fsp3) is 0.429. The molecule has 2 aliphatic heterocycles. The molecule has 0 saturated carbocycles. The number of carbonyl (C=O) groups is 2. The van der Waals surface area contributed by atoms with Gasteiger partial charge in [-0.25, -0.2) is 0 Å². The Labute approximate surface area is 154 Å². The SMILES string of the molecule is O=C(Cc1ccc2ccccc2c1)N1CCCC(N2CCNCC2=O)C1. The Hall–Kier alpha value is -2.40. The number of likely N-dealkylation sites (tertiary alicyclic amines) is 1. The standard InChI is InChI=1S/C21H25N3O2/c25-20(13-16-7-8-17-4-1-2-5-18(17)12-16)23-10-3-6-19(15-23)24-11-9-22-14-21(24)26/h1-2,4-5,7-8,12,19,22H,3,6,9-11,13-15H2. The Kier molecular flexibility index (Phi) is 4.89. The van der Waals surface area contributed by atoms with Crippen molar-refractivity contribution in [2.45, 2.75) is 25.3 Å². The van der Waals surface area contributed by atoms with E-state index in [1.165, 1.54) is 10.8 Å². The van der Waals surface area contributed by atoms with E-state index in [0.717, 1.165) is 38.0 Å². The van der Waals surface area contributed by atoms with E-state index in [1.807, 2.05) is 28.0 Å². The number of piperidine rings is 1. The van der Waals surface area contributed by atoms with Gasteiger partial charge in [0, 0.05) is 32.2 Å². The molecule has 1 N–H and O–H groups in total. The van der Waals surface area contributed by atoms with Crippen LogP contribution in [0.25, 0.3) is 10.8 Å². The van der Waals surface area contributed by atoms with E-state index < -0.39 is 0 Å².